The van der Waals surface area contributed by atoms with Crippen LogP contribution in [0.25, 0.3) is 17.0 Å². The van der Waals surface area contributed by atoms with Crippen LogP contribution in [0.2, 0.25) is 0 Å². The lowest BCUT2D eigenvalue weighted by Gasteiger charge is -2.00. The van der Waals surface area contributed by atoms with E-state index in [1.807, 2.05) is 0 Å². The first-order valence-electron chi connectivity index (χ1n) is 5.09. The van der Waals surface area contributed by atoms with E-state index in [-0.39, 0.29) is 5.56 Å². The van der Waals surface area contributed by atoms with Gasteiger partial charge >= 0.3 is 5.97 Å². The van der Waals surface area contributed by atoms with Gasteiger partial charge in [-0.05, 0) is 12.1 Å². The zero-order valence-corrected chi connectivity index (χ0v) is 9.06. The summed E-state index contributed by atoms with van der Waals surface area (Å²) >= 11 is 0. The van der Waals surface area contributed by atoms with Crippen LogP contribution < -0.4 is 0 Å². The molecule has 0 fully saturated rings. The van der Waals surface area contributed by atoms with E-state index in [0.29, 0.717) is 17.0 Å². The van der Waals surface area contributed by atoms with Gasteiger partial charge in [-0.25, -0.2) is 14.8 Å². The van der Waals surface area contributed by atoms with Crippen LogP contribution >= 0.6 is 0 Å². The average Bonchev–Trinajstić information content (AvgIpc) is 2.82. The van der Waals surface area contributed by atoms with E-state index in [2.05, 4.69) is 20.2 Å². The Morgan fingerprint density at radius 2 is 1.94 bits per heavy atom. The number of pyridine rings is 1. The zero-order chi connectivity index (χ0) is 12.5. The predicted octanol–water partition coefficient (Wildman–Crippen LogP) is 0.884. The van der Waals surface area contributed by atoms with E-state index < -0.39 is 5.97 Å². The molecular formula is C11H7N5O2. The number of rotatable bonds is 2. The van der Waals surface area contributed by atoms with E-state index in [0.717, 1.165) is 0 Å². The minimum Gasteiger partial charge on any atom is -0.478 e. The summed E-state index contributed by atoms with van der Waals surface area (Å²) in [6.45, 7) is 0. The normalized spacial score (nSPS) is 10.7. The molecule has 1 N–H and O–H groups in total. The van der Waals surface area contributed by atoms with Gasteiger partial charge in [-0.15, -0.1) is 10.2 Å². The van der Waals surface area contributed by atoms with Gasteiger partial charge in [-0.2, -0.15) is 0 Å². The summed E-state index contributed by atoms with van der Waals surface area (Å²) in [5.74, 6) is -0.491. The zero-order valence-electron chi connectivity index (χ0n) is 9.06. The number of aromatic nitrogens is 5. The first-order chi connectivity index (χ1) is 8.75. The summed E-state index contributed by atoms with van der Waals surface area (Å²) in [5, 5.41) is 16.9. The molecule has 18 heavy (non-hydrogen) atoms. The van der Waals surface area contributed by atoms with Gasteiger partial charge in [0.1, 0.15) is 6.33 Å². The van der Waals surface area contributed by atoms with Crippen molar-refractivity contribution in [3.05, 3.63) is 42.6 Å². The van der Waals surface area contributed by atoms with Crippen molar-refractivity contribution >= 4 is 11.6 Å². The highest BCUT2D eigenvalue weighted by atomic mass is 16.4. The largest absolute Gasteiger partial charge is 0.478 e. The number of hydrogen-bond donors (Lipinski definition) is 1. The molecule has 7 nitrogen and oxygen atoms in total. The molecule has 0 saturated carbocycles. The topological polar surface area (TPSA) is 93.3 Å². The van der Waals surface area contributed by atoms with E-state index >= 15 is 0 Å². The number of carboxylic acids is 1. The molecule has 7 heteroatoms. The molecule has 0 radical (unpaired) electrons. The highest BCUT2D eigenvalue weighted by Gasteiger charge is 2.11. The fourth-order valence-electron chi connectivity index (χ4n) is 1.63. The molecule has 3 aromatic rings. The van der Waals surface area contributed by atoms with Gasteiger partial charge in [-0.1, -0.05) is 0 Å². The summed E-state index contributed by atoms with van der Waals surface area (Å²) in [7, 11) is 0. The number of carbonyl (C=O) groups is 1. The molecule has 0 aliphatic carbocycles. The first kappa shape index (κ1) is 10.3. The van der Waals surface area contributed by atoms with Gasteiger partial charge in [0.05, 0.1) is 11.1 Å². The predicted molar refractivity (Wildman–Crippen MR) is 61.0 cm³/mol. The molecule has 0 aliphatic rings. The fraction of sp³-hybridized carbons (Fsp3) is 0. The Balaban J connectivity index is 2.24. The van der Waals surface area contributed by atoms with Crippen LogP contribution in [-0.2, 0) is 0 Å². The molecule has 0 unspecified atom stereocenters. The Hall–Kier alpha value is -2.83. The van der Waals surface area contributed by atoms with Crippen molar-refractivity contribution in [2.45, 2.75) is 0 Å². The van der Waals surface area contributed by atoms with Crippen LogP contribution in [-0.4, -0.2) is 35.6 Å². The minimum atomic E-state index is -0.999. The SMILES string of the molecule is O=C(O)c1ccc2nnc(-c3cncnc3)n2c1. The number of hydrogen-bond acceptors (Lipinski definition) is 5. The van der Waals surface area contributed by atoms with Crippen LogP contribution in [0.3, 0.4) is 0 Å². The molecule has 0 aromatic carbocycles. The molecule has 0 spiro atoms. The van der Waals surface area contributed by atoms with Crippen molar-refractivity contribution in [1.82, 2.24) is 24.6 Å². The Morgan fingerprint density at radius 1 is 1.17 bits per heavy atom. The number of nitrogens with zero attached hydrogens (tertiary/aromatic N) is 5. The van der Waals surface area contributed by atoms with Crippen molar-refractivity contribution in [2.24, 2.45) is 0 Å². The van der Waals surface area contributed by atoms with Crippen LogP contribution in [0.4, 0.5) is 0 Å². The molecule has 0 atom stereocenters. The van der Waals surface area contributed by atoms with E-state index in [1.165, 1.54) is 18.6 Å². The Bertz CT molecular complexity index is 723. The summed E-state index contributed by atoms with van der Waals surface area (Å²) in [5.41, 5.74) is 1.41. The third kappa shape index (κ3) is 1.58. The maximum Gasteiger partial charge on any atom is 0.337 e. The van der Waals surface area contributed by atoms with E-state index in [1.54, 1.807) is 22.9 Å². The molecule has 88 valence electrons. The molecule has 0 aliphatic heterocycles. The van der Waals surface area contributed by atoms with Crippen molar-refractivity contribution in [3.63, 3.8) is 0 Å². The fourth-order valence-corrected chi connectivity index (χ4v) is 1.63. The third-order valence-electron chi connectivity index (χ3n) is 2.47. The van der Waals surface area contributed by atoms with Gasteiger partial charge in [-0.3, -0.25) is 4.40 Å². The monoisotopic (exact) mass is 241 g/mol. The molecule has 3 heterocycles. The second kappa shape index (κ2) is 3.88. The summed E-state index contributed by atoms with van der Waals surface area (Å²) in [4.78, 5) is 18.7. The summed E-state index contributed by atoms with van der Waals surface area (Å²) in [6.07, 6.45) is 6.07. The van der Waals surface area contributed by atoms with Crippen LogP contribution in [0, 0.1) is 0 Å². The molecule has 0 bridgehead atoms. The minimum absolute atomic E-state index is 0.167. The second-order valence-electron chi connectivity index (χ2n) is 3.60. The second-order valence-corrected chi connectivity index (χ2v) is 3.60. The number of carboxylic acid groups (broad SMARTS) is 1. The Labute approximate surface area is 101 Å². The highest BCUT2D eigenvalue weighted by Crippen LogP contribution is 2.16. The number of aromatic carboxylic acids is 1. The molecular weight excluding hydrogens is 234 g/mol. The lowest BCUT2D eigenvalue weighted by molar-refractivity contribution is 0.0696. The smallest absolute Gasteiger partial charge is 0.337 e. The quantitative estimate of drug-likeness (QED) is 0.716. The highest BCUT2D eigenvalue weighted by molar-refractivity contribution is 5.87. The van der Waals surface area contributed by atoms with Crippen molar-refractivity contribution in [3.8, 4) is 11.4 Å². The lowest BCUT2D eigenvalue weighted by atomic mass is 10.2. The standard InChI is InChI=1S/C11H7N5O2/c17-11(18)7-1-2-9-14-15-10(16(9)5-7)8-3-12-6-13-4-8/h1-6H,(H,17,18). The van der Waals surface area contributed by atoms with Crippen molar-refractivity contribution in [2.75, 3.05) is 0 Å². The van der Waals surface area contributed by atoms with Gasteiger partial charge in [0.2, 0.25) is 0 Å². The van der Waals surface area contributed by atoms with Crippen LogP contribution in [0.1, 0.15) is 10.4 Å². The molecule has 0 amide bonds. The third-order valence-corrected chi connectivity index (χ3v) is 2.47. The first-order valence-corrected chi connectivity index (χ1v) is 5.09. The van der Waals surface area contributed by atoms with Gasteiger partial charge < -0.3 is 5.11 Å². The Kier molecular flexibility index (Phi) is 2.23. The maximum atomic E-state index is 10.9. The van der Waals surface area contributed by atoms with E-state index in [4.69, 9.17) is 5.11 Å². The average molecular weight is 241 g/mol. The van der Waals surface area contributed by atoms with Crippen LogP contribution in [0.5, 0.6) is 0 Å². The molecule has 3 rings (SSSR count). The lowest BCUT2D eigenvalue weighted by Crippen LogP contribution is -1.99. The van der Waals surface area contributed by atoms with Gasteiger partial charge in [0.15, 0.2) is 11.5 Å². The van der Waals surface area contributed by atoms with Crippen molar-refractivity contribution < 1.29 is 9.90 Å². The Morgan fingerprint density at radius 3 is 2.67 bits per heavy atom. The van der Waals surface area contributed by atoms with Crippen LogP contribution in [0.15, 0.2) is 37.1 Å². The van der Waals surface area contributed by atoms with Crippen molar-refractivity contribution in [1.29, 1.82) is 0 Å². The maximum absolute atomic E-state index is 10.9. The summed E-state index contributed by atoms with van der Waals surface area (Å²) < 4.78 is 1.60. The molecule has 3 aromatic heterocycles. The number of fused-ring (bicyclic) bond motifs is 1. The summed E-state index contributed by atoms with van der Waals surface area (Å²) in [6, 6.07) is 3.08. The molecule has 0 saturated heterocycles. The van der Waals surface area contributed by atoms with Gasteiger partial charge in [0.25, 0.3) is 0 Å². The van der Waals surface area contributed by atoms with E-state index in [9.17, 15) is 4.79 Å². The van der Waals surface area contributed by atoms with Gasteiger partial charge in [0, 0.05) is 18.6 Å².